The average molecular weight is 249 g/mol. The van der Waals surface area contributed by atoms with E-state index in [1.165, 1.54) is 0 Å². The van der Waals surface area contributed by atoms with E-state index in [0.717, 1.165) is 25.9 Å². The van der Waals surface area contributed by atoms with Crippen LogP contribution in [0, 0.1) is 0 Å². The summed E-state index contributed by atoms with van der Waals surface area (Å²) in [6, 6.07) is 5.13. The topological polar surface area (TPSA) is 83.3 Å². The minimum atomic E-state index is -0.274. The number of pyridine rings is 1. The highest BCUT2D eigenvalue weighted by Crippen LogP contribution is 2.13. The van der Waals surface area contributed by atoms with Gasteiger partial charge < -0.3 is 15.6 Å². The molecule has 1 aromatic heterocycles. The molecule has 1 fully saturated rings. The van der Waals surface area contributed by atoms with Crippen molar-refractivity contribution in [1.82, 2.24) is 9.88 Å². The third-order valence-corrected chi connectivity index (χ3v) is 3.05. The predicted octanol–water partition coefficient (Wildman–Crippen LogP) is 0.790. The lowest BCUT2D eigenvalue weighted by Gasteiger charge is -2.21. The molecule has 0 bridgehead atoms. The summed E-state index contributed by atoms with van der Waals surface area (Å²) in [4.78, 5) is 18.2. The molecule has 1 aliphatic heterocycles. The highest BCUT2D eigenvalue weighted by Gasteiger charge is 2.23. The maximum atomic E-state index is 12.1. The van der Waals surface area contributed by atoms with Crippen LogP contribution in [0.25, 0.3) is 0 Å². The number of rotatable bonds is 4. The molecule has 1 aromatic rings. The molecule has 1 aliphatic rings. The second kappa shape index (κ2) is 5.68. The van der Waals surface area contributed by atoms with E-state index in [2.05, 4.69) is 15.7 Å². The lowest BCUT2D eigenvalue weighted by Crippen LogP contribution is -2.39. The van der Waals surface area contributed by atoms with Gasteiger partial charge in [-0.25, -0.2) is 10.8 Å². The summed E-state index contributed by atoms with van der Waals surface area (Å²) in [6.45, 7) is 3.58. The molecule has 4 N–H and O–H groups in total. The fraction of sp³-hybridized carbons (Fsp3) is 0.500. The number of carbonyl (C=O) groups is 1. The van der Waals surface area contributed by atoms with E-state index >= 15 is 0 Å². The highest BCUT2D eigenvalue weighted by atomic mass is 16.2. The smallest absolute Gasteiger partial charge is 0.244 e. The molecule has 1 atom stereocenters. The van der Waals surface area contributed by atoms with Crippen LogP contribution in [0.3, 0.4) is 0 Å². The first-order valence-corrected chi connectivity index (χ1v) is 6.19. The summed E-state index contributed by atoms with van der Waals surface area (Å²) in [5.74, 6) is 6.63. The van der Waals surface area contributed by atoms with Crippen molar-refractivity contribution in [3.05, 3.63) is 18.2 Å². The van der Waals surface area contributed by atoms with E-state index in [4.69, 9.17) is 5.84 Å². The standard InChI is InChI=1S/C12H19N5O/c1-9(12(18)17-7-2-3-8-17)14-10-5-4-6-11(15-10)16-13/h4-6,9H,2-3,7-8,13H2,1H3,(H2,14,15,16). The van der Waals surface area contributed by atoms with Gasteiger partial charge in [-0.2, -0.15) is 0 Å². The Labute approximate surface area is 107 Å². The number of aromatic nitrogens is 1. The molecule has 6 nitrogen and oxygen atoms in total. The van der Waals surface area contributed by atoms with Crippen molar-refractivity contribution in [3.63, 3.8) is 0 Å². The summed E-state index contributed by atoms with van der Waals surface area (Å²) in [7, 11) is 0. The number of amides is 1. The van der Waals surface area contributed by atoms with Crippen LogP contribution in [0.2, 0.25) is 0 Å². The predicted molar refractivity (Wildman–Crippen MR) is 70.9 cm³/mol. The zero-order chi connectivity index (χ0) is 13.0. The van der Waals surface area contributed by atoms with Crippen molar-refractivity contribution in [1.29, 1.82) is 0 Å². The van der Waals surface area contributed by atoms with Gasteiger partial charge in [0, 0.05) is 13.1 Å². The number of hydrogen-bond acceptors (Lipinski definition) is 5. The first-order chi connectivity index (χ1) is 8.70. The number of hydrogen-bond donors (Lipinski definition) is 3. The number of anilines is 2. The van der Waals surface area contributed by atoms with Gasteiger partial charge in [0.1, 0.15) is 17.7 Å². The number of nitrogens with one attached hydrogen (secondary N) is 2. The number of nitrogens with two attached hydrogens (primary N) is 1. The Bertz CT molecular complexity index is 417. The van der Waals surface area contributed by atoms with Crippen LogP contribution in [0.4, 0.5) is 11.6 Å². The molecular weight excluding hydrogens is 230 g/mol. The average Bonchev–Trinajstić information content (AvgIpc) is 2.92. The molecule has 0 aromatic carbocycles. The van der Waals surface area contributed by atoms with Crippen LogP contribution in [-0.2, 0) is 4.79 Å². The van der Waals surface area contributed by atoms with Gasteiger partial charge in [-0.1, -0.05) is 6.07 Å². The second-order valence-corrected chi connectivity index (χ2v) is 4.45. The molecule has 6 heteroatoms. The van der Waals surface area contributed by atoms with Gasteiger partial charge in [-0.3, -0.25) is 4.79 Å². The molecule has 1 unspecified atom stereocenters. The van der Waals surface area contributed by atoms with Crippen molar-refractivity contribution >= 4 is 17.5 Å². The van der Waals surface area contributed by atoms with Crippen molar-refractivity contribution in [3.8, 4) is 0 Å². The van der Waals surface area contributed by atoms with E-state index in [9.17, 15) is 4.79 Å². The molecule has 2 rings (SSSR count). The van der Waals surface area contributed by atoms with Crippen molar-refractivity contribution in [2.75, 3.05) is 23.8 Å². The van der Waals surface area contributed by atoms with Gasteiger partial charge >= 0.3 is 0 Å². The molecule has 18 heavy (non-hydrogen) atoms. The largest absolute Gasteiger partial charge is 0.359 e. The van der Waals surface area contributed by atoms with E-state index < -0.39 is 0 Å². The van der Waals surface area contributed by atoms with Crippen LogP contribution in [-0.4, -0.2) is 34.9 Å². The molecular formula is C12H19N5O. The lowest BCUT2D eigenvalue weighted by molar-refractivity contribution is -0.130. The van der Waals surface area contributed by atoms with Crippen LogP contribution >= 0.6 is 0 Å². The zero-order valence-corrected chi connectivity index (χ0v) is 10.5. The molecule has 2 heterocycles. The Morgan fingerprint density at radius 3 is 2.72 bits per heavy atom. The van der Waals surface area contributed by atoms with Crippen molar-refractivity contribution in [2.24, 2.45) is 5.84 Å². The minimum Gasteiger partial charge on any atom is -0.359 e. The third kappa shape index (κ3) is 2.89. The summed E-state index contributed by atoms with van der Waals surface area (Å²) in [5.41, 5.74) is 2.48. The number of likely N-dealkylation sites (tertiary alicyclic amines) is 1. The maximum absolute atomic E-state index is 12.1. The molecule has 1 saturated heterocycles. The Balaban J connectivity index is 1.97. The maximum Gasteiger partial charge on any atom is 0.244 e. The van der Waals surface area contributed by atoms with Crippen LogP contribution in [0.5, 0.6) is 0 Å². The summed E-state index contributed by atoms with van der Waals surface area (Å²) in [6.07, 6.45) is 2.20. The van der Waals surface area contributed by atoms with E-state index in [-0.39, 0.29) is 11.9 Å². The van der Waals surface area contributed by atoms with Gasteiger partial charge in [0.2, 0.25) is 5.91 Å². The fourth-order valence-electron chi connectivity index (χ4n) is 2.09. The highest BCUT2D eigenvalue weighted by molar-refractivity contribution is 5.84. The molecule has 98 valence electrons. The SMILES string of the molecule is CC(Nc1cccc(NN)n1)C(=O)N1CCCC1. The number of nitrogens with zero attached hydrogens (tertiary/aromatic N) is 2. The van der Waals surface area contributed by atoms with Crippen molar-refractivity contribution < 1.29 is 4.79 Å². The van der Waals surface area contributed by atoms with Gasteiger partial charge in [-0.05, 0) is 31.9 Å². The van der Waals surface area contributed by atoms with Crippen LogP contribution in [0.15, 0.2) is 18.2 Å². The molecule has 0 saturated carbocycles. The fourth-order valence-corrected chi connectivity index (χ4v) is 2.09. The Morgan fingerprint density at radius 2 is 2.06 bits per heavy atom. The summed E-state index contributed by atoms with van der Waals surface area (Å²) in [5, 5.41) is 3.10. The third-order valence-electron chi connectivity index (χ3n) is 3.05. The van der Waals surface area contributed by atoms with E-state index in [0.29, 0.717) is 11.6 Å². The summed E-state index contributed by atoms with van der Waals surface area (Å²) < 4.78 is 0. The Morgan fingerprint density at radius 1 is 1.39 bits per heavy atom. The van der Waals surface area contributed by atoms with Crippen molar-refractivity contribution in [2.45, 2.75) is 25.8 Å². The van der Waals surface area contributed by atoms with Gasteiger partial charge in [-0.15, -0.1) is 0 Å². The Hall–Kier alpha value is -1.82. The van der Waals surface area contributed by atoms with E-state index in [1.54, 1.807) is 6.07 Å². The molecule has 1 amide bonds. The summed E-state index contributed by atoms with van der Waals surface area (Å²) >= 11 is 0. The van der Waals surface area contributed by atoms with Crippen LogP contribution in [0.1, 0.15) is 19.8 Å². The molecule has 0 aliphatic carbocycles. The van der Waals surface area contributed by atoms with Crippen LogP contribution < -0.4 is 16.6 Å². The normalized spacial score (nSPS) is 16.4. The molecule has 0 radical (unpaired) electrons. The molecule has 0 spiro atoms. The number of hydrazine groups is 1. The van der Waals surface area contributed by atoms with Gasteiger partial charge in [0.15, 0.2) is 0 Å². The Kier molecular flexibility index (Phi) is 3.99. The zero-order valence-electron chi connectivity index (χ0n) is 10.5. The second-order valence-electron chi connectivity index (χ2n) is 4.45. The minimum absolute atomic E-state index is 0.125. The number of carbonyl (C=O) groups excluding carboxylic acids is 1. The monoisotopic (exact) mass is 249 g/mol. The van der Waals surface area contributed by atoms with Gasteiger partial charge in [0.25, 0.3) is 0 Å². The first kappa shape index (κ1) is 12.6. The quantitative estimate of drug-likeness (QED) is 0.543. The number of nitrogen functional groups attached to an aromatic ring is 1. The lowest BCUT2D eigenvalue weighted by atomic mass is 10.3. The first-order valence-electron chi connectivity index (χ1n) is 6.19. The van der Waals surface area contributed by atoms with E-state index in [1.807, 2.05) is 24.0 Å². The van der Waals surface area contributed by atoms with Gasteiger partial charge in [0.05, 0.1) is 0 Å².